The first-order chi connectivity index (χ1) is 8.00. The summed E-state index contributed by atoms with van der Waals surface area (Å²) in [5.41, 5.74) is 0.159. The van der Waals surface area contributed by atoms with E-state index in [1.165, 1.54) is 10.6 Å². The summed E-state index contributed by atoms with van der Waals surface area (Å²) in [7, 11) is 1.63. The van der Waals surface area contributed by atoms with Crippen LogP contribution in [0, 0.1) is 0 Å². The van der Waals surface area contributed by atoms with Crippen LogP contribution in [0.1, 0.15) is 30.1 Å². The molecule has 0 aliphatic rings. The van der Waals surface area contributed by atoms with Crippen molar-refractivity contribution in [2.45, 2.75) is 25.9 Å². The Hall–Kier alpha value is -1.62. The van der Waals surface area contributed by atoms with Gasteiger partial charge < -0.3 is 15.0 Å². The Labute approximate surface area is 100 Å². The molecule has 0 spiro atoms. The third-order valence-electron chi connectivity index (χ3n) is 2.45. The van der Waals surface area contributed by atoms with Crippen LogP contribution in [0.15, 0.2) is 23.1 Å². The van der Waals surface area contributed by atoms with E-state index in [0.717, 1.165) is 0 Å². The molecule has 0 saturated carbocycles. The quantitative estimate of drug-likeness (QED) is 0.724. The van der Waals surface area contributed by atoms with Gasteiger partial charge in [0.25, 0.3) is 11.5 Å². The number of amides is 1. The molecule has 0 aliphatic carbocycles. The fraction of sp³-hybridized carbons (Fsp3) is 0.500. The second-order valence-electron chi connectivity index (χ2n) is 4.11. The van der Waals surface area contributed by atoms with Gasteiger partial charge in [0.05, 0.1) is 6.10 Å². The Balaban J connectivity index is 2.47. The summed E-state index contributed by atoms with van der Waals surface area (Å²) in [6, 6.07) is 2.91. The highest BCUT2D eigenvalue weighted by atomic mass is 16.3. The molecular weight excluding hydrogens is 220 g/mol. The number of nitrogens with one attached hydrogen (secondary N) is 1. The monoisotopic (exact) mass is 238 g/mol. The topological polar surface area (TPSA) is 71.3 Å². The van der Waals surface area contributed by atoms with Crippen LogP contribution in [-0.4, -0.2) is 28.2 Å². The molecule has 1 unspecified atom stereocenters. The van der Waals surface area contributed by atoms with Gasteiger partial charge >= 0.3 is 0 Å². The lowest BCUT2D eigenvalue weighted by Gasteiger charge is -2.06. The first-order valence-corrected chi connectivity index (χ1v) is 5.63. The molecule has 1 aromatic heterocycles. The number of pyridine rings is 1. The van der Waals surface area contributed by atoms with Crippen molar-refractivity contribution in [3.63, 3.8) is 0 Å². The zero-order chi connectivity index (χ0) is 12.8. The number of nitrogens with zero attached hydrogens (tertiary/aromatic N) is 1. The second kappa shape index (κ2) is 6.20. The maximum Gasteiger partial charge on any atom is 0.251 e. The second-order valence-corrected chi connectivity index (χ2v) is 4.11. The highest BCUT2D eigenvalue weighted by Crippen LogP contribution is 1.96. The lowest BCUT2D eigenvalue weighted by molar-refractivity contribution is 0.0949. The summed E-state index contributed by atoms with van der Waals surface area (Å²) in [4.78, 5) is 22.9. The Morgan fingerprint density at radius 1 is 1.59 bits per heavy atom. The number of rotatable bonds is 5. The first kappa shape index (κ1) is 13.4. The zero-order valence-electron chi connectivity index (χ0n) is 10.1. The molecule has 1 rings (SSSR count). The molecule has 2 N–H and O–H groups in total. The highest BCUT2D eigenvalue weighted by molar-refractivity contribution is 5.93. The van der Waals surface area contributed by atoms with Gasteiger partial charge in [0.15, 0.2) is 0 Å². The largest absolute Gasteiger partial charge is 0.393 e. The van der Waals surface area contributed by atoms with Gasteiger partial charge in [-0.2, -0.15) is 0 Å². The minimum Gasteiger partial charge on any atom is -0.393 e. The van der Waals surface area contributed by atoms with Crippen molar-refractivity contribution >= 4 is 5.91 Å². The van der Waals surface area contributed by atoms with Crippen molar-refractivity contribution in [1.29, 1.82) is 0 Å². The summed E-state index contributed by atoms with van der Waals surface area (Å²) in [6.45, 7) is 2.21. The van der Waals surface area contributed by atoms with Crippen molar-refractivity contribution in [2.75, 3.05) is 6.54 Å². The van der Waals surface area contributed by atoms with E-state index >= 15 is 0 Å². The lowest BCUT2D eigenvalue weighted by atomic mass is 10.2. The summed E-state index contributed by atoms with van der Waals surface area (Å²) in [5, 5.41) is 11.7. The average Bonchev–Trinajstić information content (AvgIpc) is 2.27. The van der Waals surface area contributed by atoms with Gasteiger partial charge in [-0.15, -0.1) is 0 Å². The van der Waals surface area contributed by atoms with Gasteiger partial charge in [-0.1, -0.05) is 0 Å². The van der Waals surface area contributed by atoms with E-state index in [1.54, 1.807) is 26.2 Å². The maximum absolute atomic E-state index is 11.6. The fourth-order valence-corrected chi connectivity index (χ4v) is 1.39. The smallest absolute Gasteiger partial charge is 0.251 e. The average molecular weight is 238 g/mol. The van der Waals surface area contributed by atoms with Crippen LogP contribution in [0.2, 0.25) is 0 Å². The normalized spacial score (nSPS) is 12.2. The van der Waals surface area contributed by atoms with Crippen LogP contribution in [-0.2, 0) is 7.05 Å². The number of aromatic nitrogens is 1. The van der Waals surface area contributed by atoms with Crippen molar-refractivity contribution in [3.05, 3.63) is 34.2 Å². The summed E-state index contributed by atoms with van der Waals surface area (Å²) >= 11 is 0. The van der Waals surface area contributed by atoms with E-state index < -0.39 is 0 Å². The Bertz CT molecular complexity index is 438. The number of carbonyl (C=O) groups is 1. The zero-order valence-corrected chi connectivity index (χ0v) is 10.1. The predicted octanol–water partition coefficient (Wildman–Crippen LogP) is 0.276. The Morgan fingerprint density at radius 3 is 2.88 bits per heavy atom. The number of aliphatic hydroxyl groups is 1. The van der Waals surface area contributed by atoms with Gasteiger partial charge in [0, 0.05) is 31.4 Å². The number of hydrogen-bond acceptors (Lipinski definition) is 3. The molecule has 17 heavy (non-hydrogen) atoms. The van der Waals surface area contributed by atoms with E-state index in [1.807, 2.05) is 0 Å². The predicted molar refractivity (Wildman–Crippen MR) is 64.9 cm³/mol. The molecule has 5 nitrogen and oxygen atoms in total. The number of aliphatic hydroxyl groups excluding tert-OH is 1. The van der Waals surface area contributed by atoms with Gasteiger partial charge in [0.1, 0.15) is 0 Å². The summed E-state index contributed by atoms with van der Waals surface area (Å²) in [6.07, 6.45) is 2.58. The molecule has 0 saturated heterocycles. The molecule has 0 fully saturated rings. The molecule has 5 heteroatoms. The van der Waals surface area contributed by atoms with Crippen LogP contribution in [0.3, 0.4) is 0 Å². The maximum atomic E-state index is 11.6. The van der Waals surface area contributed by atoms with Crippen LogP contribution in [0.25, 0.3) is 0 Å². The summed E-state index contributed by atoms with van der Waals surface area (Å²) < 4.78 is 1.41. The van der Waals surface area contributed by atoms with Gasteiger partial charge in [-0.25, -0.2) is 0 Å². The van der Waals surface area contributed by atoms with Gasteiger partial charge in [0.2, 0.25) is 0 Å². The molecule has 1 aromatic rings. The SMILES string of the molecule is CC(O)CCCNC(=O)c1ccn(C)c(=O)c1. The van der Waals surface area contributed by atoms with Gasteiger partial charge in [-0.3, -0.25) is 9.59 Å². The fourth-order valence-electron chi connectivity index (χ4n) is 1.39. The van der Waals surface area contributed by atoms with E-state index in [-0.39, 0.29) is 17.6 Å². The molecule has 1 amide bonds. The standard InChI is InChI=1S/C12H18N2O3/c1-9(15)4-3-6-13-12(17)10-5-7-14(2)11(16)8-10/h5,7-9,15H,3-4,6H2,1-2H3,(H,13,17). The summed E-state index contributed by atoms with van der Waals surface area (Å²) in [5.74, 6) is -0.256. The van der Waals surface area contributed by atoms with E-state index in [4.69, 9.17) is 5.11 Å². The van der Waals surface area contributed by atoms with E-state index in [0.29, 0.717) is 24.9 Å². The third-order valence-corrected chi connectivity index (χ3v) is 2.45. The van der Waals surface area contributed by atoms with Crippen molar-refractivity contribution in [1.82, 2.24) is 9.88 Å². The third kappa shape index (κ3) is 4.40. The number of carbonyl (C=O) groups excluding carboxylic acids is 1. The first-order valence-electron chi connectivity index (χ1n) is 5.63. The number of hydrogen-bond donors (Lipinski definition) is 2. The minimum atomic E-state index is -0.351. The van der Waals surface area contributed by atoms with Crippen LogP contribution in [0.5, 0.6) is 0 Å². The van der Waals surface area contributed by atoms with Crippen LogP contribution >= 0.6 is 0 Å². The van der Waals surface area contributed by atoms with Crippen LogP contribution < -0.4 is 10.9 Å². The van der Waals surface area contributed by atoms with Crippen molar-refractivity contribution < 1.29 is 9.90 Å². The van der Waals surface area contributed by atoms with E-state index in [9.17, 15) is 9.59 Å². The van der Waals surface area contributed by atoms with Crippen molar-refractivity contribution in [2.24, 2.45) is 7.05 Å². The Kier molecular flexibility index (Phi) is 4.90. The Morgan fingerprint density at radius 2 is 2.29 bits per heavy atom. The molecule has 1 atom stereocenters. The van der Waals surface area contributed by atoms with Crippen molar-refractivity contribution in [3.8, 4) is 0 Å². The molecule has 0 radical (unpaired) electrons. The highest BCUT2D eigenvalue weighted by Gasteiger charge is 2.06. The molecule has 1 heterocycles. The molecule has 0 bridgehead atoms. The molecule has 0 aromatic carbocycles. The van der Waals surface area contributed by atoms with E-state index in [2.05, 4.69) is 5.32 Å². The molecule has 0 aliphatic heterocycles. The number of aryl methyl sites for hydroxylation is 1. The van der Waals surface area contributed by atoms with Gasteiger partial charge in [-0.05, 0) is 25.8 Å². The van der Waals surface area contributed by atoms with Crippen LogP contribution in [0.4, 0.5) is 0 Å². The lowest BCUT2D eigenvalue weighted by Crippen LogP contribution is -2.27. The molecule has 94 valence electrons. The molecular formula is C12H18N2O3. The minimum absolute atomic E-state index is 0.207.